The first-order valence-corrected chi connectivity index (χ1v) is 8.61. The minimum absolute atomic E-state index is 0.205. The maximum atomic E-state index is 12.8. The van der Waals surface area contributed by atoms with Crippen molar-refractivity contribution in [3.63, 3.8) is 0 Å². The lowest BCUT2D eigenvalue weighted by Crippen LogP contribution is -2.20. The van der Waals surface area contributed by atoms with Crippen LogP contribution in [0.25, 0.3) is 0 Å². The monoisotopic (exact) mass is 370 g/mol. The molecule has 2 amide bonds. The summed E-state index contributed by atoms with van der Waals surface area (Å²) in [4.78, 5) is 24.6. The number of amides is 2. The normalized spacial score (nSPS) is 10.2. The Balaban J connectivity index is 1.55. The van der Waals surface area contributed by atoms with Crippen LogP contribution in [0.15, 0.2) is 66.0 Å². The number of hydrogen-bond acceptors (Lipinski definition) is 4. The quantitative estimate of drug-likeness (QED) is 0.685. The highest BCUT2D eigenvalue weighted by molar-refractivity contribution is 7.12. The van der Waals surface area contributed by atoms with Crippen LogP contribution >= 0.6 is 11.3 Å². The average molecular weight is 370 g/mol. The number of anilines is 2. The SMILES string of the molecule is O=C(COc1ccc(F)cc1)Nc1cccc(NC(=O)c2cccs2)c1. The highest BCUT2D eigenvalue weighted by atomic mass is 32.1. The zero-order valence-electron chi connectivity index (χ0n) is 13.6. The molecule has 0 aliphatic carbocycles. The van der Waals surface area contributed by atoms with Gasteiger partial charge < -0.3 is 15.4 Å². The van der Waals surface area contributed by atoms with Gasteiger partial charge in [-0.1, -0.05) is 12.1 Å². The van der Waals surface area contributed by atoms with E-state index in [-0.39, 0.29) is 24.2 Å². The van der Waals surface area contributed by atoms with Gasteiger partial charge in [0.05, 0.1) is 4.88 Å². The van der Waals surface area contributed by atoms with Crippen LogP contribution in [0.5, 0.6) is 5.75 Å². The van der Waals surface area contributed by atoms with E-state index in [1.807, 2.05) is 5.38 Å². The van der Waals surface area contributed by atoms with Crippen LogP contribution < -0.4 is 15.4 Å². The van der Waals surface area contributed by atoms with Crippen molar-refractivity contribution >= 4 is 34.5 Å². The van der Waals surface area contributed by atoms with Gasteiger partial charge in [0.25, 0.3) is 11.8 Å². The summed E-state index contributed by atoms with van der Waals surface area (Å²) in [6.07, 6.45) is 0. The molecule has 5 nitrogen and oxygen atoms in total. The lowest BCUT2D eigenvalue weighted by atomic mass is 10.2. The zero-order chi connectivity index (χ0) is 18.4. The fourth-order valence-corrected chi connectivity index (χ4v) is 2.77. The van der Waals surface area contributed by atoms with E-state index in [0.29, 0.717) is 22.0 Å². The summed E-state index contributed by atoms with van der Waals surface area (Å²) in [6, 6.07) is 15.8. The average Bonchev–Trinajstić information content (AvgIpc) is 3.16. The number of ether oxygens (including phenoxy) is 1. The number of carbonyl (C=O) groups is 2. The van der Waals surface area contributed by atoms with Crippen molar-refractivity contribution in [2.45, 2.75) is 0 Å². The summed E-state index contributed by atoms with van der Waals surface area (Å²) in [5.74, 6) is -0.541. The predicted molar refractivity (Wildman–Crippen MR) is 99.2 cm³/mol. The summed E-state index contributed by atoms with van der Waals surface area (Å²) in [5.41, 5.74) is 1.10. The predicted octanol–water partition coefficient (Wildman–Crippen LogP) is 4.16. The molecular formula is C19H15FN2O3S. The first-order valence-electron chi connectivity index (χ1n) is 7.73. The lowest BCUT2D eigenvalue weighted by molar-refractivity contribution is -0.118. The molecule has 3 aromatic rings. The standard InChI is InChI=1S/C19H15FN2O3S/c20-13-6-8-16(9-7-13)25-12-18(23)21-14-3-1-4-15(11-14)22-19(24)17-5-2-10-26-17/h1-11H,12H2,(H,21,23)(H,22,24). The molecule has 0 aliphatic rings. The molecule has 132 valence electrons. The Kier molecular flexibility index (Phi) is 5.60. The number of benzene rings is 2. The minimum atomic E-state index is -0.372. The van der Waals surface area contributed by atoms with Gasteiger partial charge in [-0.2, -0.15) is 0 Å². The fraction of sp³-hybridized carbons (Fsp3) is 0.0526. The van der Waals surface area contributed by atoms with Gasteiger partial charge >= 0.3 is 0 Å². The van der Waals surface area contributed by atoms with Crippen molar-refractivity contribution in [2.75, 3.05) is 17.2 Å². The Morgan fingerprint density at radius 1 is 0.962 bits per heavy atom. The van der Waals surface area contributed by atoms with Crippen molar-refractivity contribution in [1.82, 2.24) is 0 Å². The van der Waals surface area contributed by atoms with Crippen molar-refractivity contribution in [3.05, 3.63) is 76.7 Å². The van der Waals surface area contributed by atoms with Crippen molar-refractivity contribution in [3.8, 4) is 5.75 Å². The number of thiophene rings is 1. The van der Waals surface area contributed by atoms with E-state index >= 15 is 0 Å². The molecule has 0 unspecified atom stereocenters. The third kappa shape index (κ3) is 4.90. The number of carbonyl (C=O) groups excluding carboxylic acids is 2. The summed E-state index contributed by atoms with van der Waals surface area (Å²) in [6.45, 7) is -0.211. The Labute approximate surface area is 153 Å². The van der Waals surface area contributed by atoms with E-state index in [2.05, 4.69) is 10.6 Å². The number of nitrogens with one attached hydrogen (secondary N) is 2. The minimum Gasteiger partial charge on any atom is -0.484 e. The summed E-state index contributed by atoms with van der Waals surface area (Å²) >= 11 is 1.35. The van der Waals surface area contributed by atoms with Gasteiger partial charge in [-0.3, -0.25) is 9.59 Å². The molecule has 1 heterocycles. The Morgan fingerprint density at radius 2 is 1.69 bits per heavy atom. The molecule has 0 bridgehead atoms. The molecule has 2 aromatic carbocycles. The summed E-state index contributed by atoms with van der Waals surface area (Å²) < 4.78 is 18.1. The molecule has 0 saturated carbocycles. The zero-order valence-corrected chi connectivity index (χ0v) is 14.4. The van der Waals surface area contributed by atoms with E-state index in [1.54, 1.807) is 36.4 Å². The second-order valence-corrected chi connectivity index (χ2v) is 6.25. The summed E-state index contributed by atoms with van der Waals surface area (Å²) in [5, 5.41) is 7.29. The molecule has 7 heteroatoms. The van der Waals surface area contributed by atoms with Gasteiger partial charge in [-0.25, -0.2) is 4.39 Å². The fourth-order valence-electron chi connectivity index (χ4n) is 2.15. The van der Waals surface area contributed by atoms with Crippen molar-refractivity contribution in [1.29, 1.82) is 0 Å². The van der Waals surface area contributed by atoms with Crippen LogP contribution in [0.4, 0.5) is 15.8 Å². The number of hydrogen-bond donors (Lipinski definition) is 2. The van der Waals surface area contributed by atoms with Crippen LogP contribution in [0.1, 0.15) is 9.67 Å². The molecule has 3 rings (SSSR count). The molecule has 0 spiro atoms. The molecule has 0 radical (unpaired) electrons. The number of rotatable bonds is 6. The van der Waals surface area contributed by atoms with Gasteiger partial charge in [-0.05, 0) is 53.9 Å². The van der Waals surface area contributed by atoms with Crippen LogP contribution in [0, 0.1) is 5.82 Å². The van der Waals surface area contributed by atoms with Crippen molar-refractivity contribution in [2.24, 2.45) is 0 Å². The van der Waals surface area contributed by atoms with Crippen molar-refractivity contribution < 1.29 is 18.7 Å². The number of halogens is 1. The largest absolute Gasteiger partial charge is 0.484 e. The van der Waals surface area contributed by atoms with Crippen LogP contribution in [0.2, 0.25) is 0 Å². The van der Waals surface area contributed by atoms with E-state index in [0.717, 1.165) is 0 Å². The first-order chi connectivity index (χ1) is 12.6. The van der Waals surface area contributed by atoms with Gasteiger partial charge in [0, 0.05) is 11.4 Å². The molecule has 1 aromatic heterocycles. The molecular weight excluding hydrogens is 355 g/mol. The van der Waals surface area contributed by atoms with E-state index < -0.39 is 0 Å². The van der Waals surface area contributed by atoms with Gasteiger partial charge in [0.15, 0.2) is 6.61 Å². The molecule has 0 saturated heterocycles. The topological polar surface area (TPSA) is 67.4 Å². The van der Waals surface area contributed by atoms with E-state index in [1.165, 1.54) is 35.6 Å². The lowest BCUT2D eigenvalue weighted by Gasteiger charge is -2.09. The van der Waals surface area contributed by atoms with Crippen LogP contribution in [0.3, 0.4) is 0 Å². The molecule has 0 atom stereocenters. The summed E-state index contributed by atoms with van der Waals surface area (Å²) in [7, 11) is 0. The first kappa shape index (κ1) is 17.6. The molecule has 2 N–H and O–H groups in total. The second kappa shape index (κ2) is 8.26. The van der Waals surface area contributed by atoms with E-state index in [4.69, 9.17) is 4.74 Å². The second-order valence-electron chi connectivity index (χ2n) is 5.30. The smallest absolute Gasteiger partial charge is 0.265 e. The van der Waals surface area contributed by atoms with Crippen LogP contribution in [-0.4, -0.2) is 18.4 Å². The highest BCUT2D eigenvalue weighted by Gasteiger charge is 2.08. The van der Waals surface area contributed by atoms with Gasteiger partial charge in [-0.15, -0.1) is 11.3 Å². The highest BCUT2D eigenvalue weighted by Crippen LogP contribution is 2.18. The Bertz CT molecular complexity index is 895. The Morgan fingerprint density at radius 3 is 2.38 bits per heavy atom. The van der Waals surface area contributed by atoms with E-state index in [9.17, 15) is 14.0 Å². The van der Waals surface area contributed by atoms with Gasteiger partial charge in [0.1, 0.15) is 11.6 Å². The maximum absolute atomic E-state index is 12.8. The Hall–Kier alpha value is -3.19. The van der Waals surface area contributed by atoms with Crippen LogP contribution in [-0.2, 0) is 4.79 Å². The maximum Gasteiger partial charge on any atom is 0.265 e. The van der Waals surface area contributed by atoms with Gasteiger partial charge in [0.2, 0.25) is 0 Å². The third-order valence-corrected chi connectivity index (χ3v) is 4.20. The third-order valence-electron chi connectivity index (χ3n) is 3.33. The molecule has 0 fully saturated rings. The molecule has 0 aliphatic heterocycles. The molecule has 26 heavy (non-hydrogen) atoms.